The zero-order valence-electron chi connectivity index (χ0n) is 15.1. The monoisotopic (exact) mass is 404 g/mol. The molecule has 0 unspecified atom stereocenters. The first kappa shape index (κ1) is 19.4. The molecule has 1 heterocycles. The molecule has 1 amide bonds. The number of fused-ring (bicyclic) bond motifs is 1. The standard InChI is InChI=1S/C18H20N4O3S2/c1-11(2)16(18(23)19-13-9-7-12(3)8-10-13)22-27(24,25)15-6-4-5-14-17(15)21-26-20-14/h4-11,16,22H,1-3H3,(H,19,23)/t16-/m1/s1. The maximum absolute atomic E-state index is 12.9. The number of rotatable bonds is 6. The second-order valence-electron chi connectivity index (χ2n) is 6.59. The second kappa shape index (κ2) is 7.71. The van der Waals surface area contributed by atoms with Crippen LogP contribution in [0.2, 0.25) is 0 Å². The van der Waals surface area contributed by atoms with Crippen LogP contribution in [0.1, 0.15) is 19.4 Å². The molecule has 0 aliphatic carbocycles. The maximum atomic E-state index is 12.9. The number of nitrogens with zero attached hydrogens (tertiary/aromatic N) is 2. The zero-order chi connectivity index (χ0) is 19.6. The van der Waals surface area contributed by atoms with E-state index in [1.54, 1.807) is 38.1 Å². The first-order chi connectivity index (χ1) is 12.8. The van der Waals surface area contributed by atoms with E-state index < -0.39 is 22.0 Å². The summed E-state index contributed by atoms with van der Waals surface area (Å²) in [6.07, 6.45) is 0. The summed E-state index contributed by atoms with van der Waals surface area (Å²) in [5.41, 5.74) is 2.49. The molecule has 0 aliphatic rings. The quantitative estimate of drug-likeness (QED) is 0.658. The molecular formula is C18H20N4O3S2. The predicted molar refractivity (Wildman–Crippen MR) is 106 cm³/mol. The number of hydrogen-bond acceptors (Lipinski definition) is 6. The van der Waals surface area contributed by atoms with Gasteiger partial charge in [-0.2, -0.15) is 13.5 Å². The Hall–Kier alpha value is -2.36. The average Bonchev–Trinajstić information content (AvgIpc) is 3.10. The van der Waals surface area contributed by atoms with E-state index in [0.29, 0.717) is 16.7 Å². The molecule has 0 fully saturated rings. The zero-order valence-corrected chi connectivity index (χ0v) is 16.8. The normalized spacial score (nSPS) is 13.0. The number of aryl methyl sites for hydroxylation is 1. The summed E-state index contributed by atoms with van der Waals surface area (Å²) in [4.78, 5) is 12.7. The molecule has 0 saturated heterocycles. The van der Waals surface area contributed by atoms with Gasteiger partial charge in [-0.1, -0.05) is 37.6 Å². The molecule has 3 aromatic rings. The van der Waals surface area contributed by atoms with Crippen LogP contribution >= 0.6 is 11.7 Å². The molecule has 9 heteroatoms. The SMILES string of the molecule is Cc1ccc(NC(=O)[C@H](NS(=O)(=O)c2cccc3nsnc23)C(C)C)cc1. The number of carbonyl (C=O) groups excluding carboxylic acids is 1. The molecule has 142 valence electrons. The lowest BCUT2D eigenvalue weighted by Crippen LogP contribution is -2.47. The number of sulfonamides is 1. The van der Waals surface area contributed by atoms with Gasteiger partial charge in [0, 0.05) is 5.69 Å². The molecular weight excluding hydrogens is 384 g/mol. The van der Waals surface area contributed by atoms with Crippen molar-refractivity contribution >= 4 is 44.4 Å². The number of hydrogen-bond donors (Lipinski definition) is 2. The second-order valence-corrected chi connectivity index (χ2v) is 8.80. The topological polar surface area (TPSA) is 101 Å². The smallest absolute Gasteiger partial charge is 0.243 e. The van der Waals surface area contributed by atoms with Gasteiger partial charge < -0.3 is 5.32 Å². The van der Waals surface area contributed by atoms with Crippen LogP contribution in [-0.2, 0) is 14.8 Å². The number of nitrogens with one attached hydrogen (secondary N) is 2. The molecule has 0 aliphatic heterocycles. The summed E-state index contributed by atoms with van der Waals surface area (Å²) in [6, 6.07) is 11.1. The summed E-state index contributed by atoms with van der Waals surface area (Å²) in [6.45, 7) is 5.52. The van der Waals surface area contributed by atoms with Crippen molar-refractivity contribution in [3.05, 3.63) is 48.0 Å². The molecule has 3 rings (SSSR count). The fraction of sp³-hybridized carbons (Fsp3) is 0.278. The Morgan fingerprint density at radius 3 is 2.44 bits per heavy atom. The molecule has 1 atom stereocenters. The number of anilines is 1. The van der Waals surface area contributed by atoms with Crippen molar-refractivity contribution in [2.75, 3.05) is 5.32 Å². The van der Waals surface area contributed by atoms with Crippen molar-refractivity contribution in [1.82, 2.24) is 13.5 Å². The number of benzene rings is 2. The van der Waals surface area contributed by atoms with Crippen molar-refractivity contribution in [1.29, 1.82) is 0 Å². The van der Waals surface area contributed by atoms with Crippen LogP contribution in [0.15, 0.2) is 47.4 Å². The third-order valence-electron chi connectivity index (χ3n) is 4.09. The van der Waals surface area contributed by atoms with E-state index >= 15 is 0 Å². The summed E-state index contributed by atoms with van der Waals surface area (Å²) >= 11 is 0.946. The fourth-order valence-corrected chi connectivity index (χ4v) is 4.69. The van der Waals surface area contributed by atoms with Gasteiger partial charge in [0.25, 0.3) is 0 Å². The molecule has 1 aromatic heterocycles. The molecule has 0 spiro atoms. The van der Waals surface area contributed by atoms with Gasteiger partial charge >= 0.3 is 0 Å². The van der Waals surface area contributed by atoms with Gasteiger partial charge in [0.1, 0.15) is 22.0 Å². The highest BCUT2D eigenvalue weighted by atomic mass is 32.2. The third-order valence-corrected chi connectivity index (χ3v) is 6.10. The molecule has 27 heavy (non-hydrogen) atoms. The first-order valence-electron chi connectivity index (χ1n) is 8.39. The molecule has 0 saturated carbocycles. The van der Waals surface area contributed by atoms with Crippen LogP contribution in [0.25, 0.3) is 11.0 Å². The van der Waals surface area contributed by atoms with Crippen LogP contribution in [0.4, 0.5) is 5.69 Å². The van der Waals surface area contributed by atoms with Crippen LogP contribution in [0, 0.1) is 12.8 Å². The minimum Gasteiger partial charge on any atom is -0.325 e. The van der Waals surface area contributed by atoms with E-state index in [4.69, 9.17) is 0 Å². The maximum Gasteiger partial charge on any atom is 0.243 e. The summed E-state index contributed by atoms with van der Waals surface area (Å²) in [5.74, 6) is -0.668. The Kier molecular flexibility index (Phi) is 5.54. The lowest BCUT2D eigenvalue weighted by molar-refractivity contribution is -0.118. The van der Waals surface area contributed by atoms with Gasteiger partial charge in [-0.25, -0.2) is 8.42 Å². The predicted octanol–water partition coefficient (Wildman–Crippen LogP) is 2.94. The van der Waals surface area contributed by atoms with E-state index in [1.807, 2.05) is 19.1 Å². The largest absolute Gasteiger partial charge is 0.325 e. The van der Waals surface area contributed by atoms with Crippen LogP contribution in [0.5, 0.6) is 0 Å². The van der Waals surface area contributed by atoms with Crippen molar-refractivity contribution < 1.29 is 13.2 Å². The average molecular weight is 405 g/mol. The highest BCUT2D eigenvalue weighted by Crippen LogP contribution is 2.22. The van der Waals surface area contributed by atoms with E-state index in [9.17, 15) is 13.2 Å². The Morgan fingerprint density at radius 1 is 1.07 bits per heavy atom. The molecule has 2 N–H and O–H groups in total. The number of amides is 1. The van der Waals surface area contributed by atoms with Crippen molar-refractivity contribution in [2.24, 2.45) is 5.92 Å². The van der Waals surface area contributed by atoms with E-state index in [0.717, 1.165) is 17.3 Å². The first-order valence-corrected chi connectivity index (χ1v) is 10.6. The fourth-order valence-electron chi connectivity index (χ4n) is 2.58. The lowest BCUT2D eigenvalue weighted by atomic mass is 10.0. The van der Waals surface area contributed by atoms with Gasteiger partial charge in [-0.15, -0.1) is 0 Å². The van der Waals surface area contributed by atoms with E-state index in [-0.39, 0.29) is 10.8 Å². The minimum absolute atomic E-state index is 0.0162. The Morgan fingerprint density at radius 2 is 1.78 bits per heavy atom. The van der Waals surface area contributed by atoms with Gasteiger partial charge in [0.15, 0.2) is 0 Å². The van der Waals surface area contributed by atoms with Gasteiger partial charge in [0.05, 0.1) is 11.7 Å². The van der Waals surface area contributed by atoms with E-state index in [1.165, 1.54) is 6.07 Å². The van der Waals surface area contributed by atoms with Gasteiger partial charge in [-0.3, -0.25) is 4.79 Å². The number of aromatic nitrogens is 2. The molecule has 0 bridgehead atoms. The van der Waals surface area contributed by atoms with Gasteiger partial charge in [-0.05, 0) is 37.1 Å². The highest BCUT2D eigenvalue weighted by Gasteiger charge is 2.30. The Balaban J connectivity index is 1.86. The Labute approximate surface area is 162 Å². The third kappa shape index (κ3) is 4.32. The summed E-state index contributed by atoms with van der Waals surface area (Å²) < 4.78 is 36.5. The Bertz CT molecular complexity index is 1060. The summed E-state index contributed by atoms with van der Waals surface area (Å²) in [7, 11) is -3.95. The van der Waals surface area contributed by atoms with Crippen LogP contribution in [-0.4, -0.2) is 29.1 Å². The molecule has 7 nitrogen and oxygen atoms in total. The summed E-state index contributed by atoms with van der Waals surface area (Å²) in [5, 5.41) is 2.76. The molecule has 2 aromatic carbocycles. The van der Waals surface area contributed by atoms with Crippen LogP contribution in [0.3, 0.4) is 0 Å². The minimum atomic E-state index is -3.95. The highest BCUT2D eigenvalue weighted by molar-refractivity contribution is 7.89. The lowest BCUT2D eigenvalue weighted by Gasteiger charge is -2.21. The van der Waals surface area contributed by atoms with Crippen molar-refractivity contribution in [2.45, 2.75) is 31.7 Å². The van der Waals surface area contributed by atoms with Crippen molar-refractivity contribution in [3.8, 4) is 0 Å². The number of carbonyl (C=O) groups is 1. The van der Waals surface area contributed by atoms with E-state index in [2.05, 4.69) is 18.8 Å². The van der Waals surface area contributed by atoms with Gasteiger partial charge in [0.2, 0.25) is 15.9 Å². The van der Waals surface area contributed by atoms with Crippen molar-refractivity contribution in [3.63, 3.8) is 0 Å². The van der Waals surface area contributed by atoms with Crippen LogP contribution < -0.4 is 10.0 Å². The molecule has 0 radical (unpaired) electrons.